The second-order valence-electron chi connectivity index (χ2n) is 5.71. The summed E-state index contributed by atoms with van der Waals surface area (Å²) >= 11 is 3.09. The molecule has 6 nitrogen and oxygen atoms in total. The standard InChI is InChI=1S/C14H11BrF3N3O2.CH2O/c15-10-1-7(14(16,17)18)4-21-11(3-19-12(10)21)13(22)20-5-9-2-8(20)6-23-9;1-2/h1,3-4,8-9H,2,5-6H2;1H2/t8-,9-;/m0./s1. The lowest BCUT2D eigenvalue weighted by Crippen LogP contribution is -2.41. The minimum absolute atomic E-state index is 0.00714. The van der Waals surface area contributed by atoms with Crippen molar-refractivity contribution in [1.29, 1.82) is 0 Å². The molecule has 0 radical (unpaired) electrons. The Hall–Kier alpha value is -1.94. The summed E-state index contributed by atoms with van der Waals surface area (Å²) in [4.78, 5) is 26.4. The van der Waals surface area contributed by atoms with Gasteiger partial charge in [0.15, 0.2) is 5.65 Å². The van der Waals surface area contributed by atoms with Crippen LogP contribution in [0.2, 0.25) is 0 Å². The van der Waals surface area contributed by atoms with E-state index in [2.05, 4.69) is 20.9 Å². The average Bonchev–Trinajstić information content (AvgIpc) is 3.30. The van der Waals surface area contributed by atoms with Crippen LogP contribution in [0.25, 0.3) is 5.65 Å². The Morgan fingerprint density at radius 2 is 2.12 bits per heavy atom. The Bertz CT molecular complexity index is 823. The second kappa shape index (κ2) is 6.41. The molecule has 2 aliphatic heterocycles. The van der Waals surface area contributed by atoms with Gasteiger partial charge < -0.3 is 14.4 Å². The van der Waals surface area contributed by atoms with Crippen LogP contribution in [0, 0.1) is 0 Å². The van der Waals surface area contributed by atoms with E-state index < -0.39 is 11.7 Å². The van der Waals surface area contributed by atoms with Gasteiger partial charge in [-0.1, -0.05) is 0 Å². The first-order valence-electron chi connectivity index (χ1n) is 7.30. The number of imidazole rings is 1. The fourth-order valence-corrected chi connectivity index (χ4v) is 3.69. The number of halogens is 4. The van der Waals surface area contributed by atoms with E-state index in [1.54, 1.807) is 4.90 Å². The first-order valence-corrected chi connectivity index (χ1v) is 8.09. The molecule has 2 aromatic rings. The van der Waals surface area contributed by atoms with Crippen LogP contribution in [0.5, 0.6) is 0 Å². The molecule has 2 aromatic heterocycles. The van der Waals surface area contributed by atoms with Crippen molar-refractivity contribution in [2.75, 3.05) is 13.2 Å². The minimum Gasteiger partial charge on any atom is -0.374 e. The molecule has 2 saturated heterocycles. The van der Waals surface area contributed by atoms with Crippen LogP contribution in [0.1, 0.15) is 22.5 Å². The van der Waals surface area contributed by atoms with Crippen LogP contribution in [0.3, 0.4) is 0 Å². The quantitative estimate of drug-likeness (QED) is 0.712. The summed E-state index contributed by atoms with van der Waals surface area (Å²) in [6.07, 6.45) is -1.47. The zero-order valence-corrected chi connectivity index (χ0v) is 14.4. The van der Waals surface area contributed by atoms with Gasteiger partial charge in [0.2, 0.25) is 0 Å². The van der Waals surface area contributed by atoms with E-state index >= 15 is 0 Å². The lowest BCUT2D eigenvalue weighted by Gasteiger charge is -2.26. The zero-order chi connectivity index (χ0) is 18.4. The smallest absolute Gasteiger partial charge is 0.374 e. The minimum atomic E-state index is -4.50. The molecule has 0 unspecified atom stereocenters. The topological polar surface area (TPSA) is 63.9 Å². The van der Waals surface area contributed by atoms with Gasteiger partial charge in [-0.3, -0.25) is 9.20 Å². The Morgan fingerprint density at radius 3 is 2.68 bits per heavy atom. The molecule has 2 atom stereocenters. The third kappa shape index (κ3) is 3.04. The molecule has 0 spiro atoms. The van der Waals surface area contributed by atoms with Crippen LogP contribution in [-0.4, -0.2) is 52.3 Å². The van der Waals surface area contributed by atoms with Crippen molar-refractivity contribution in [2.45, 2.75) is 24.7 Å². The number of fused-ring (bicyclic) bond motifs is 3. The first kappa shape index (κ1) is 17.9. The normalized spacial score (nSPS) is 22.2. The molecule has 0 N–H and O–H groups in total. The molecule has 2 fully saturated rings. The van der Waals surface area contributed by atoms with E-state index in [0.717, 1.165) is 18.7 Å². The highest BCUT2D eigenvalue weighted by Crippen LogP contribution is 2.34. The fraction of sp³-hybridized carbons (Fsp3) is 0.400. The average molecular weight is 420 g/mol. The second-order valence-corrected chi connectivity index (χ2v) is 6.57. The summed E-state index contributed by atoms with van der Waals surface area (Å²) in [6, 6.07) is 0.953. The van der Waals surface area contributed by atoms with E-state index in [0.29, 0.717) is 13.2 Å². The highest BCUT2D eigenvalue weighted by Gasteiger charge is 2.42. The maximum absolute atomic E-state index is 13.0. The molecular weight excluding hydrogens is 407 g/mol. The van der Waals surface area contributed by atoms with Crippen molar-refractivity contribution in [2.24, 2.45) is 0 Å². The zero-order valence-electron chi connectivity index (χ0n) is 12.8. The number of carbonyl (C=O) groups is 2. The van der Waals surface area contributed by atoms with Crippen LogP contribution in [0.4, 0.5) is 13.2 Å². The third-order valence-corrected chi connectivity index (χ3v) is 4.85. The van der Waals surface area contributed by atoms with Crippen LogP contribution in [-0.2, 0) is 15.7 Å². The number of carbonyl (C=O) groups excluding carboxylic acids is 2. The van der Waals surface area contributed by atoms with Crippen molar-refractivity contribution >= 4 is 34.3 Å². The van der Waals surface area contributed by atoms with E-state index in [4.69, 9.17) is 9.53 Å². The number of hydrogen-bond donors (Lipinski definition) is 0. The van der Waals surface area contributed by atoms with Gasteiger partial charge in [-0.25, -0.2) is 4.98 Å². The Labute approximate surface area is 148 Å². The molecule has 4 heterocycles. The Morgan fingerprint density at radius 1 is 1.40 bits per heavy atom. The summed E-state index contributed by atoms with van der Waals surface area (Å²) in [5, 5.41) is 0. The van der Waals surface area contributed by atoms with E-state index in [9.17, 15) is 18.0 Å². The van der Waals surface area contributed by atoms with Gasteiger partial charge in [0.25, 0.3) is 5.91 Å². The number of morpholine rings is 1. The number of rotatable bonds is 1. The number of likely N-dealkylation sites (tertiary alicyclic amines) is 1. The monoisotopic (exact) mass is 419 g/mol. The van der Waals surface area contributed by atoms with E-state index in [-0.39, 0.29) is 33.9 Å². The summed E-state index contributed by atoms with van der Waals surface area (Å²) in [7, 11) is 0. The lowest BCUT2D eigenvalue weighted by molar-refractivity contribution is -0.137. The molecule has 0 aliphatic carbocycles. The van der Waals surface area contributed by atoms with Crippen molar-refractivity contribution in [3.63, 3.8) is 0 Å². The number of aromatic nitrogens is 2. The third-order valence-electron chi connectivity index (χ3n) is 4.27. The van der Waals surface area contributed by atoms with Gasteiger partial charge in [-0.15, -0.1) is 0 Å². The van der Waals surface area contributed by atoms with Crippen molar-refractivity contribution < 1.29 is 27.5 Å². The summed E-state index contributed by atoms with van der Waals surface area (Å²) in [6.45, 7) is 2.95. The molecule has 134 valence electrons. The predicted molar refractivity (Wildman–Crippen MR) is 84.2 cm³/mol. The number of amides is 1. The number of alkyl halides is 3. The Balaban J connectivity index is 0.000000880. The first-order chi connectivity index (χ1) is 11.8. The number of ether oxygens (including phenoxy) is 1. The Kier molecular flexibility index (Phi) is 4.58. The van der Waals surface area contributed by atoms with Crippen molar-refractivity contribution in [3.05, 3.63) is 34.2 Å². The van der Waals surface area contributed by atoms with E-state index in [1.165, 1.54) is 10.6 Å². The molecule has 0 aromatic carbocycles. The van der Waals surface area contributed by atoms with Gasteiger partial charge in [-0.2, -0.15) is 13.2 Å². The van der Waals surface area contributed by atoms with E-state index in [1.807, 2.05) is 6.79 Å². The lowest BCUT2D eigenvalue weighted by atomic mass is 10.2. The maximum Gasteiger partial charge on any atom is 0.417 e. The molecule has 4 rings (SSSR count). The predicted octanol–water partition coefficient (Wildman–Crippen LogP) is 2.54. The summed E-state index contributed by atoms with van der Waals surface area (Å²) < 4.78 is 45.8. The largest absolute Gasteiger partial charge is 0.417 e. The molecule has 2 bridgehead atoms. The van der Waals surface area contributed by atoms with Crippen molar-refractivity contribution in [1.82, 2.24) is 14.3 Å². The molecule has 10 heteroatoms. The van der Waals surface area contributed by atoms with Gasteiger partial charge in [-0.05, 0) is 28.4 Å². The highest BCUT2D eigenvalue weighted by molar-refractivity contribution is 9.10. The molecule has 25 heavy (non-hydrogen) atoms. The molecule has 2 aliphatic rings. The molecule has 1 amide bonds. The number of hydrogen-bond acceptors (Lipinski definition) is 4. The highest BCUT2D eigenvalue weighted by atomic mass is 79.9. The summed E-state index contributed by atoms with van der Waals surface area (Å²) in [5.41, 5.74) is -0.434. The van der Waals surface area contributed by atoms with Gasteiger partial charge in [0, 0.05) is 12.7 Å². The van der Waals surface area contributed by atoms with Gasteiger partial charge in [0.05, 0.1) is 35.0 Å². The summed E-state index contributed by atoms with van der Waals surface area (Å²) in [5.74, 6) is -0.320. The van der Waals surface area contributed by atoms with Gasteiger partial charge in [0.1, 0.15) is 12.5 Å². The fourth-order valence-electron chi connectivity index (χ4n) is 3.15. The van der Waals surface area contributed by atoms with Crippen LogP contribution in [0.15, 0.2) is 22.9 Å². The number of nitrogens with zero attached hydrogens (tertiary/aromatic N) is 3. The maximum atomic E-state index is 13.0. The molecule has 0 saturated carbocycles. The molecular formula is C15H13BrF3N3O3. The van der Waals surface area contributed by atoms with Crippen molar-refractivity contribution in [3.8, 4) is 0 Å². The SMILES string of the molecule is C=O.O=C(c1cnc2c(Br)cc(C(F)(F)F)cn12)N1C[C@@H]2C[C@H]1CO2. The van der Waals surface area contributed by atoms with Gasteiger partial charge >= 0.3 is 6.18 Å². The van der Waals surface area contributed by atoms with Crippen LogP contribution < -0.4 is 0 Å². The van der Waals surface area contributed by atoms with Crippen LogP contribution >= 0.6 is 15.9 Å². The number of pyridine rings is 1.